The van der Waals surface area contributed by atoms with Crippen molar-refractivity contribution in [3.8, 4) is 0 Å². The Kier molecular flexibility index (Phi) is 4.18. The van der Waals surface area contributed by atoms with Gasteiger partial charge in [0.15, 0.2) is 5.11 Å². The summed E-state index contributed by atoms with van der Waals surface area (Å²) in [6.07, 6.45) is 0. The first-order chi connectivity index (χ1) is 12.5. The van der Waals surface area contributed by atoms with E-state index in [0.29, 0.717) is 10.7 Å². The predicted molar refractivity (Wildman–Crippen MR) is 108 cm³/mol. The number of nitrogens with zero attached hydrogens (tertiary/aromatic N) is 1. The Morgan fingerprint density at radius 1 is 1.23 bits per heavy atom. The van der Waals surface area contributed by atoms with Gasteiger partial charge in [-0.1, -0.05) is 41.6 Å². The van der Waals surface area contributed by atoms with Crippen LogP contribution in [0, 0.1) is 0 Å². The van der Waals surface area contributed by atoms with Crippen molar-refractivity contribution in [2.75, 3.05) is 10.6 Å². The van der Waals surface area contributed by atoms with Crippen LogP contribution >= 0.6 is 35.6 Å². The highest BCUT2D eigenvalue weighted by Gasteiger charge is 2.56. The van der Waals surface area contributed by atoms with E-state index in [1.54, 1.807) is 24.3 Å². The highest BCUT2D eigenvalue weighted by atomic mass is 35.5. The van der Waals surface area contributed by atoms with Crippen LogP contribution in [0.3, 0.4) is 0 Å². The number of fused-ring (bicyclic) bond motifs is 2. The molecule has 2 heterocycles. The van der Waals surface area contributed by atoms with Gasteiger partial charge in [0.05, 0.1) is 0 Å². The van der Waals surface area contributed by atoms with Crippen LogP contribution in [-0.2, 0) is 9.67 Å². The first kappa shape index (κ1) is 17.0. The van der Waals surface area contributed by atoms with Crippen molar-refractivity contribution in [3.05, 3.63) is 70.4 Å². The van der Waals surface area contributed by atoms with Gasteiger partial charge >= 0.3 is 0 Å². The standard InChI is InChI=1S/C17H13ClN4O2S2/c18-10-5-7-11(8-6-10)19-16(25)21-22-14(23)9-26-17(22)12-3-1-2-4-13(12)20-15(17)24/h1-9,23H,(H,20,24)(H2,19,21,25). The minimum Gasteiger partial charge on any atom is -0.493 e. The van der Waals surface area contributed by atoms with Crippen molar-refractivity contribution in [3.63, 3.8) is 0 Å². The molecule has 132 valence electrons. The van der Waals surface area contributed by atoms with Crippen molar-refractivity contribution in [1.82, 2.24) is 10.4 Å². The predicted octanol–water partition coefficient (Wildman–Crippen LogP) is 3.75. The molecule has 2 aliphatic heterocycles. The number of hydrazine groups is 1. The number of aliphatic hydroxyl groups excluding tert-OH is 1. The van der Waals surface area contributed by atoms with Gasteiger partial charge < -0.3 is 15.7 Å². The van der Waals surface area contributed by atoms with E-state index in [-0.39, 0.29) is 16.9 Å². The summed E-state index contributed by atoms with van der Waals surface area (Å²) in [5, 5.41) is 19.9. The highest BCUT2D eigenvalue weighted by molar-refractivity contribution is 8.04. The lowest BCUT2D eigenvalue weighted by molar-refractivity contribution is -0.123. The van der Waals surface area contributed by atoms with Crippen molar-refractivity contribution in [2.24, 2.45) is 0 Å². The maximum absolute atomic E-state index is 12.8. The molecule has 0 saturated carbocycles. The van der Waals surface area contributed by atoms with Gasteiger partial charge in [-0.2, -0.15) is 0 Å². The highest BCUT2D eigenvalue weighted by Crippen LogP contribution is 2.52. The third kappa shape index (κ3) is 2.66. The van der Waals surface area contributed by atoms with Gasteiger partial charge in [0.2, 0.25) is 10.8 Å². The quantitative estimate of drug-likeness (QED) is 0.568. The second-order valence-corrected chi connectivity index (χ2v) is 7.55. The largest absolute Gasteiger partial charge is 0.493 e. The number of thioether (sulfide) groups is 1. The summed E-state index contributed by atoms with van der Waals surface area (Å²) in [4.78, 5) is 11.6. The molecular formula is C17H13ClN4O2S2. The van der Waals surface area contributed by atoms with E-state index in [4.69, 9.17) is 23.8 Å². The number of benzene rings is 2. The fourth-order valence-corrected chi connectivity index (χ4v) is 4.31. The van der Waals surface area contributed by atoms with Gasteiger partial charge in [0, 0.05) is 27.4 Å². The number of aliphatic hydroxyl groups is 1. The maximum Gasteiger partial charge on any atom is 0.267 e. The lowest BCUT2D eigenvalue weighted by Gasteiger charge is -2.34. The fourth-order valence-electron chi connectivity index (χ4n) is 2.89. The molecule has 26 heavy (non-hydrogen) atoms. The molecule has 1 amide bonds. The normalized spacial score (nSPS) is 20.6. The molecule has 0 bridgehead atoms. The number of hydrogen-bond acceptors (Lipinski definition) is 5. The van der Waals surface area contributed by atoms with E-state index in [0.717, 1.165) is 11.3 Å². The van der Waals surface area contributed by atoms with Crippen LogP contribution in [0.4, 0.5) is 11.4 Å². The van der Waals surface area contributed by atoms with E-state index in [1.165, 1.54) is 22.2 Å². The molecule has 9 heteroatoms. The summed E-state index contributed by atoms with van der Waals surface area (Å²) in [5.41, 5.74) is 5.10. The molecule has 1 unspecified atom stereocenters. The zero-order valence-electron chi connectivity index (χ0n) is 13.2. The molecule has 6 nitrogen and oxygen atoms in total. The topological polar surface area (TPSA) is 76.6 Å². The molecule has 0 fully saturated rings. The van der Waals surface area contributed by atoms with Gasteiger partial charge in [0.25, 0.3) is 5.91 Å². The van der Waals surface area contributed by atoms with Gasteiger partial charge in [-0.05, 0) is 42.5 Å². The minimum absolute atomic E-state index is 0.0953. The first-order valence-corrected chi connectivity index (χ1v) is 9.28. The number of para-hydroxylation sites is 1. The lowest BCUT2D eigenvalue weighted by Crippen LogP contribution is -2.54. The average molecular weight is 405 g/mol. The maximum atomic E-state index is 12.8. The minimum atomic E-state index is -1.16. The summed E-state index contributed by atoms with van der Waals surface area (Å²) in [6, 6.07) is 14.4. The summed E-state index contributed by atoms with van der Waals surface area (Å²) < 4.78 is 0. The smallest absolute Gasteiger partial charge is 0.267 e. The van der Waals surface area contributed by atoms with E-state index in [1.807, 2.05) is 24.3 Å². The molecule has 4 N–H and O–H groups in total. The fraction of sp³-hybridized carbons (Fsp3) is 0.0588. The molecule has 1 atom stereocenters. The number of thiocarbonyl (C=S) groups is 1. The Balaban J connectivity index is 1.60. The Morgan fingerprint density at radius 3 is 2.73 bits per heavy atom. The summed E-state index contributed by atoms with van der Waals surface area (Å²) in [5.74, 6) is -0.354. The van der Waals surface area contributed by atoms with Crippen LogP contribution in [0.15, 0.2) is 59.8 Å². The van der Waals surface area contributed by atoms with Crippen LogP contribution in [0.5, 0.6) is 0 Å². The molecule has 2 aromatic carbocycles. The van der Waals surface area contributed by atoms with Crippen molar-refractivity contribution in [2.45, 2.75) is 4.87 Å². The summed E-state index contributed by atoms with van der Waals surface area (Å²) in [7, 11) is 0. The monoisotopic (exact) mass is 404 g/mol. The second kappa shape index (κ2) is 6.39. The van der Waals surface area contributed by atoms with Crippen LogP contribution in [-0.4, -0.2) is 21.1 Å². The van der Waals surface area contributed by atoms with Gasteiger partial charge in [-0.3, -0.25) is 10.2 Å². The number of halogens is 1. The van der Waals surface area contributed by atoms with E-state index in [2.05, 4.69) is 16.1 Å². The third-order valence-electron chi connectivity index (χ3n) is 4.04. The molecule has 0 radical (unpaired) electrons. The van der Waals surface area contributed by atoms with Crippen LogP contribution in [0.1, 0.15) is 5.56 Å². The van der Waals surface area contributed by atoms with E-state index >= 15 is 0 Å². The van der Waals surface area contributed by atoms with E-state index in [9.17, 15) is 9.90 Å². The van der Waals surface area contributed by atoms with Crippen LogP contribution in [0.25, 0.3) is 0 Å². The van der Waals surface area contributed by atoms with Gasteiger partial charge in [-0.15, -0.1) is 0 Å². The van der Waals surface area contributed by atoms with Crippen LogP contribution in [0.2, 0.25) is 5.02 Å². The number of rotatable bonds is 2. The number of carbonyl (C=O) groups excluding carboxylic acids is 1. The Labute approximate surface area is 164 Å². The van der Waals surface area contributed by atoms with Gasteiger partial charge in [-0.25, -0.2) is 5.01 Å². The molecule has 2 aliphatic rings. The third-order valence-corrected chi connectivity index (χ3v) is 5.75. The first-order valence-electron chi connectivity index (χ1n) is 7.62. The number of nitrogens with one attached hydrogen (secondary N) is 3. The Morgan fingerprint density at radius 2 is 1.96 bits per heavy atom. The Bertz CT molecular complexity index is 935. The SMILES string of the molecule is O=C1Nc2ccccc2C12SC=C(O)N2NC(=S)Nc1ccc(Cl)cc1. The molecule has 0 aromatic heterocycles. The molecule has 2 aromatic rings. The summed E-state index contributed by atoms with van der Waals surface area (Å²) >= 11 is 12.4. The molecule has 4 rings (SSSR count). The van der Waals surface area contributed by atoms with E-state index < -0.39 is 4.87 Å². The Hall–Kier alpha value is -2.42. The number of anilines is 2. The lowest BCUT2D eigenvalue weighted by atomic mass is 10.1. The van der Waals surface area contributed by atoms with Gasteiger partial charge in [0.1, 0.15) is 0 Å². The number of hydrogen-bond donors (Lipinski definition) is 4. The van der Waals surface area contributed by atoms with Crippen molar-refractivity contribution in [1.29, 1.82) is 0 Å². The van der Waals surface area contributed by atoms with Crippen molar-refractivity contribution < 1.29 is 9.90 Å². The molecular weight excluding hydrogens is 392 g/mol. The molecule has 0 aliphatic carbocycles. The number of carbonyl (C=O) groups is 1. The van der Waals surface area contributed by atoms with Crippen LogP contribution < -0.4 is 16.1 Å². The second-order valence-electron chi connectivity index (χ2n) is 5.65. The zero-order valence-corrected chi connectivity index (χ0v) is 15.6. The zero-order chi connectivity index (χ0) is 18.3. The summed E-state index contributed by atoms with van der Waals surface area (Å²) in [6.45, 7) is 0. The van der Waals surface area contributed by atoms with Crippen molar-refractivity contribution >= 4 is 58.0 Å². The molecule has 1 spiro atoms. The average Bonchev–Trinajstić information content (AvgIpc) is 3.10. The number of amides is 1. The molecule has 0 saturated heterocycles.